The van der Waals surface area contributed by atoms with Crippen molar-refractivity contribution in [2.45, 2.75) is 19.4 Å². The molecule has 0 aliphatic heterocycles. The number of carbonyl (C=O) groups is 3. The number of amides is 3. The molecule has 0 spiro atoms. The Labute approximate surface area is 122 Å². The van der Waals surface area contributed by atoms with Gasteiger partial charge in [-0.25, -0.2) is 4.79 Å². The molecule has 0 heterocycles. The van der Waals surface area contributed by atoms with E-state index in [-0.39, 0.29) is 12.3 Å². The van der Waals surface area contributed by atoms with Crippen LogP contribution in [-0.4, -0.2) is 48.1 Å². The number of urea groups is 1. The summed E-state index contributed by atoms with van der Waals surface area (Å²) >= 11 is 0. The standard InChI is InChI=1S/C14H19N3O4/c1-9(13(20)17(2)3)15-14(21)16-11-6-4-10(5-7-11)8-12(18)19/h4-7,9H,8H2,1-3H3,(H,18,19)(H2,15,16,21). The second-order valence-corrected chi connectivity index (χ2v) is 4.82. The van der Waals surface area contributed by atoms with Crippen molar-refractivity contribution in [1.29, 1.82) is 0 Å². The molecule has 0 aromatic heterocycles. The minimum Gasteiger partial charge on any atom is -0.481 e. The van der Waals surface area contributed by atoms with Crippen LogP contribution in [0.5, 0.6) is 0 Å². The first-order valence-corrected chi connectivity index (χ1v) is 6.39. The van der Waals surface area contributed by atoms with Gasteiger partial charge < -0.3 is 20.6 Å². The molecule has 0 aliphatic rings. The Bertz CT molecular complexity index is 526. The number of nitrogens with zero attached hydrogens (tertiary/aromatic N) is 1. The van der Waals surface area contributed by atoms with Gasteiger partial charge in [0.05, 0.1) is 6.42 Å². The van der Waals surface area contributed by atoms with Gasteiger partial charge in [0.15, 0.2) is 0 Å². The summed E-state index contributed by atoms with van der Waals surface area (Å²) in [7, 11) is 3.22. The normalized spacial score (nSPS) is 11.4. The van der Waals surface area contributed by atoms with Gasteiger partial charge in [-0.3, -0.25) is 9.59 Å². The number of rotatable bonds is 5. The largest absolute Gasteiger partial charge is 0.481 e. The zero-order chi connectivity index (χ0) is 16.0. The average molecular weight is 293 g/mol. The lowest BCUT2D eigenvalue weighted by molar-refractivity contribution is -0.136. The lowest BCUT2D eigenvalue weighted by Crippen LogP contribution is -2.45. The third kappa shape index (κ3) is 5.52. The third-order valence-corrected chi connectivity index (χ3v) is 2.73. The number of benzene rings is 1. The molecule has 0 radical (unpaired) electrons. The summed E-state index contributed by atoms with van der Waals surface area (Å²) in [6.07, 6.45) is -0.0686. The van der Waals surface area contributed by atoms with E-state index in [9.17, 15) is 14.4 Å². The molecule has 3 N–H and O–H groups in total. The van der Waals surface area contributed by atoms with E-state index in [4.69, 9.17) is 5.11 Å². The number of likely N-dealkylation sites (N-methyl/N-ethyl adjacent to an activating group) is 1. The minimum absolute atomic E-state index is 0.0686. The molecular formula is C14H19N3O4. The van der Waals surface area contributed by atoms with Gasteiger partial charge in [-0.05, 0) is 24.6 Å². The van der Waals surface area contributed by atoms with Crippen molar-refractivity contribution in [2.24, 2.45) is 0 Å². The van der Waals surface area contributed by atoms with Crippen molar-refractivity contribution in [3.63, 3.8) is 0 Å². The highest BCUT2D eigenvalue weighted by atomic mass is 16.4. The summed E-state index contributed by atoms with van der Waals surface area (Å²) < 4.78 is 0. The quantitative estimate of drug-likeness (QED) is 0.751. The number of carbonyl (C=O) groups excluding carboxylic acids is 2. The monoisotopic (exact) mass is 293 g/mol. The fraction of sp³-hybridized carbons (Fsp3) is 0.357. The molecule has 1 rings (SSSR count). The molecule has 1 aromatic carbocycles. The molecule has 1 aromatic rings. The molecule has 7 heteroatoms. The van der Waals surface area contributed by atoms with Crippen molar-refractivity contribution < 1.29 is 19.5 Å². The van der Waals surface area contributed by atoms with Gasteiger partial charge in [-0.15, -0.1) is 0 Å². The molecule has 0 saturated carbocycles. The topological polar surface area (TPSA) is 98.7 Å². The first kappa shape index (κ1) is 16.5. The summed E-state index contributed by atoms with van der Waals surface area (Å²) in [6, 6.07) is 5.33. The van der Waals surface area contributed by atoms with Gasteiger partial charge in [0.2, 0.25) is 5.91 Å². The van der Waals surface area contributed by atoms with Crippen molar-refractivity contribution in [1.82, 2.24) is 10.2 Å². The van der Waals surface area contributed by atoms with Crippen LogP contribution >= 0.6 is 0 Å². The molecule has 1 atom stereocenters. The molecule has 7 nitrogen and oxygen atoms in total. The van der Waals surface area contributed by atoms with Crippen LogP contribution in [-0.2, 0) is 16.0 Å². The number of hydrogen-bond acceptors (Lipinski definition) is 3. The van der Waals surface area contributed by atoms with Crippen LogP contribution in [0.25, 0.3) is 0 Å². The van der Waals surface area contributed by atoms with Gasteiger partial charge >= 0.3 is 12.0 Å². The van der Waals surface area contributed by atoms with Gasteiger partial charge in [0.25, 0.3) is 0 Å². The Morgan fingerprint density at radius 2 is 1.76 bits per heavy atom. The van der Waals surface area contributed by atoms with E-state index < -0.39 is 18.0 Å². The molecular weight excluding hydrogens is 274 g/mol. The summed E-state index contributed by atoms with van der Waals surface area (Å²) in [5.74, 6) is -1.12. The molecule has 114 valence electrons. The van der Waals surface area contributed by atoms with Crippen LogP contribution < -0.4 is 10.6 Å². The Morgan fingerprint density at radius 1 is 1.19 bits per heavy atom. The summed E-state index contributed by atoms with van der Waals surface area (Å²) in [4.78, 5) is 35.3. The second kappa shape index (κ2) is 7.28. The van der Waals surface area contributed by atoms with Crippen molar-refractivity contribution >= 4 is 23.6 Å². The van der Waals surface area contributed by atoms with E-state index in [1.807, 2.05) is 0 Å². The zero-order valence-corrected chi connectivity index (χ0v) is 12.2. The van der Waals surface area contributed by atoms with Crippen molar-refractivity contribution in [2.75, 3.05) is 19.4 Å². The zero-order valence-electron chi connectivity index (χ0n) is 12.2. The predicted molar refractivity (Wildman–Crippen MR) is 78.1 cm³/mol. The van der Waals surface area contributed by atoms with Gasteiger partial charge in [-0.1, -0.05) is 12.1 Å². The van der Waals surface area contributed by atoms with Crippen LogP contribution in [0.3, 0.4) is 0 Å². The van der Waals surface area contributed by atoms with E-state index in [0.29, 0.717) is 11.3 Å². The Balaban J connectivity index is 2.55. The Hall–Kier alpha value is -2.57. The molecule has 1 unspecified atom stereocenters. The fourth-order valence-electron chi connectivity index (χ4n) is 1.69. The molecule has 21 heavy (non-hydrogen) atoms. The van der Waals surface area contributed by atoms with E-state index in [1.54, 1.807) is 45.3 Å². The highest BCUT2D eigenvalue weighted by Crippen LogP contribution is 2.10. The van der Waals surface area contributed by atoms with Crippen LogP contribution in [0.15, 0.2) is 24.3 Å². The number of anilines is 1. The molecule has 0 bridgehead atoms. The van der Waals surface area contributed by atoms with Crippen LogP contribution in [0.4, 0.5) is 10.5 Å². The summed E-state index contributed by atoms with van der Waals surface area (Å²) in [6.45, 7) is 1.60. The highest BCUT2D eigenvalue weighted by Gasteiger charge is 2.16. The molecule has 0 saturated heterocycles. The summed E-state index contributed by atoms with van der Waals surface area (Å²) in [5, 5.41) is 13.8. The number of nitrogens with one attached hydrogen (secondary N) is 2. The number of carboxylic acid groups (broad SMARTS) is 1. The lowest BCUT2D eigenvalue weighted by Gasteiger charge is -2.18. The average Bonchev–Trinajstić information content (AvgIpc) is 2.39. The smallest absolute Gasteiger partial charge is 0.319 e. The highest BCUT2D eigenvalue weighted by molar-refractivity contribution is 5.93. The second-order valence-electron chi connectivity index (χ2n) is 4.82. The third-order valence-electron chi connectivity index (χ3n) is 2.73. The van der Waals surface area contributed by atoms with Gasteiger partial charge in [0.1, 0.15) is 6.04 Å². The van der Waals surface area contributed by atoms with Gasteiger partial charge in [-0.2, -0.15) is 0 Å². The maximum absolute atomic E-state index is 11.7. The van der Waals surface area contributed by atoms with Crippen molar-refractivity contribution in [3.8, 4) is 0 Å². The van der Waals surface area contributed by atoms with Crippen molar-refractivity contribution in [3.05, 3.63) is 29.8 Å². The lowest BCUT2D eigenvalue weighted by atomic mass is 10.1. The SMILES string of the molecule is CC(NC(=O)Nc1ccc(CC(=O)O)cc1)C(=O)N(C)C. The molecule has 0 fully saturated rings. The number of hydrogen-bond donors (Lipinski definition) is 3. The number of aliphatic carboxylic acids is 1. The summed E-state index contributed by atoms with van der Waals surface area (Å²) in [5.41, 5.74) is 1.16. The van der Waals surface area contributed by atoms with Crippen LogP contribution in [0.1, 0.15) is 12.5 Å². The van der Waals surface area contributed by atoms with Crippen LogP contribution in [0.2, 0.25) is 0 Å². The minimum atomic E-state index is -0.913. The van der Waals surface area contributed by atoms with E-state index in [1.165, 1.54) is 4.90 Å². The maximum atomic E-state index is 11.7. The first-order chi connectivity index (χ1) is 9.79. The van der Waals surface area contributed by atoms with Gasteiger partial charge in [0, 0.05) is 19.8 Å². The Kier molecular flexibility index (Phi) is 5.71. The first-order valence-electron chi connectivity index (χ1n) is 6.39. The Morgan fingerprint density at radius 3 is 2.24 bits per heavy atom. The molecule has 3 amide bonds. The van der Waals surface area contributed by atoms with Crippen LogP contribution in [0, 0.1) is 0 Å². The molecule has 0 aliphatic carbocycles. The number of carboxylic acids is 1. The fourth-order valence-corrected chi connectivity index (χ4v) is 1.69. The van der Waals surface area contributed by atoms with E-state index >= 15 is 0 Å². The van der Waals surface area contributed by atoms with E-state index in [2.05, 4.69) is 10.6 Å². The predicted octanol–water partition coefficient (Wildman–Crippen LogP) is 0.912. The van der Waals surface area contributed by atoms with E-state index in [0.717, 1.165) is 0 Å². The maximum Gasteiger partial charge on any atom is 0.319 e.